The van der Waals surface area contributed by atoms with E-state index in [-0.39, 0.29) is 0 Å². The number of hydrogen-bond acceptors (Lipinski definition) is 5. The van der Waals surface area contributed by atoms with Gasteiger partial charge in [0.25, 0.3) is 0 Å². The molecule has 17 heavy (non-hydrogen) atoms. The second-order valence-electron chi connectivity index (χ2n) is 3.91. The van der Waals surface area contributed by atoms with Gasteiger partial charge in [-0.25, -0.2) is 0 Å². The molecule has 1 unspecified atom stereocenters. The minimum Gasteiger partial charge on any atom is -0.387 e. The topological polar surface area (TPSA) is 63.8 Å². The van der Waals surface area contributed by atoms with E-state index in [9.17, 15) is 5.11 Å². The molecule has 2 rings (SSSR count). The number of aliphatic hydroxyl groups is 1. The summed E-state index contributed by atoms with van der Waals surface area (Å²) in [5.41, 5.74) is 2.69. The van der Waals surface area contributed by atoms with Crippen LogP contribution in [0.3, 0.4) is 0 Å². The minimum atomic E-state index is -0.582. The van der Waals surface area contributed by atoms with Crippen LogP contribution >= 0.6 is 27.5 Å². The average Bonchev–Trinajstić information content (AvgIpc) is 2.78. The molecule has 0 aliphatic rings. The third-order valence-corrected chi connectivity index (χ3v) is 4.60. The van der Waals surface area contributed by atoms with Gasteiger partial charge in [0, 0.05) is 13.5 Å². The van der Waals surface area contributed by atoms with E-state index in [2.05, 4.69) is 30.6 Å². The van der Waals surface area contributed by atoms with Crippen LogP contribution in [0.5, 0.6) is 0 Å². The maximum Gasteiger partial charge on any atom is 0.0972 e. The fraction of sp³-hybridized carbons (Fsp3) is 0.500. The summed E-state index contributed by atoms with van der Waals surface area (Å²) < 4.78 is 6.57. The van der Waals surface area contributed by atoms with Crippen LogP contribution in [0.1, 0.15) is 28.1 Å². The minimum absolute atomic E-state index is 0.503. The number of aromatic nitrogens is 4. The lowest BCUT2D eigenvalue weighted by atomic mass is 10.1. The molecule has 5 nitrogen and oxygen atoms in total. The highest BCUT2D eigenvalue weighted by Crippen LogP contribution is 2.28. The fourth-order valence-corrected chi connectivity index (χ4v) is 2.85. The largest absolute Gasteiger partial charge is 0.387 e. The van der Waals surface area contributed by atoms with Gasteiger partial charge < -0.3 is 5.11 Å². The molecule has 2 aromatic rings. The predicted octanol–water partition coefficient (Wildman–Crippen LogP) is 1.93. The molecule has 0 spiro atoms. The first-order valence-electron chi connectivity index (χ1n) is 5.15. The number of halogens is 1. The Morgan fingerprint density at radius 3 is 2.59 bits per heavy atom. The molecule has 0 radical (unpaired) electrons. The molecule has 92 valence electrons. The zero-order valence-corrected chi connectivity index (χ0v) is 12.2. The summed E-state index contributed by atoms with van der Waals surface area (Å²) in [7, 11) is 1.87. The number of aryl methyl sites for hydroxylation is 3. The van der Waals surface area contributed by atoms with Crippen molar-refractivity contribution in [2.24, 2.45) is 7.05 Å². The van der Waals surface area contributed by atoms with Crippen LogP contribution in [0.15, 0.2) is 4.47 Å². The van der Waals surface area contributed by atoms with E-state index in [1.165, 1.54) is 11.5 Å². The smallest absolute Gasteiger partial charge is 0.0972 e. The van der Waals surface area contributed by atoms with E-state index in [4.69, 9.17) is 0 Å². The average molecular weight is 317 g/mol. The second-order valence-corrected chi connectivity index (χ2v) is 5.49. The van der Waals surface area contributed by atoms with Crippen molar-refractivity contribution in [2.75, 3.05) is 0 Å². The van der Waals surface area contributed by atoms with Crippen LogP contribution in [0.4, 0.5) is 0 Å². The van der Waals surface area contributed by atoms with Crippen LogP contribution in [0.2, 0.25) is 0 Å². The van der Waals surface area contributed by atoms with E-state index in [1.54, 1.807) is 4.68 Å². The van der Waals surface area contributed by atoms with E-state index >= 15 is 0 Å². The monoisotopic (exact) mass is 316 g/mol. The zero-order chi connectivity index (χ0) is 12.6. The first-order chi connectivity index (χ1) is 8.00. The summed E-state index contributed by atoms with van der Waals surface area (Å²) in [5.74, 6) is 0. The Labute approximate surface area is 112 Å². The fourth-order valence-electron chi connectivity index (χ4n) is 1.72. The van der Waals surface area contributed by atoms with Crippen LogP contribution in [0, 0.1) is 13.8 Å². The lowest BCUT2D eigenvalue weighted by molar-refractivity contribution is 0.178. The Kier molecular flexibility index (Phi) is 3.60. The maximum absolute atomic E-state index is 10.2. The summed E-state index contributed by atoms with van der Waals surface area (Å²) in [4.78, 5) is 0.816. The molecule has 2 aromatic heterocycles. The highest BCUT2D eigenvalue weighted by atomic mass is 79.9. The third-order valence-electron chi connectivity index (χ3n) is 2.64. The first-order valence-corrected chi connectivity index (χ1v) is 6.72. The number of hydrogen-bond donors (Lipinski definition) is 1. The van der Waals surface area contributed by atoms with Gasteiger partial charge in [-0.1, -0.05) is 4.49 Å². The van der Waals surface area contributed by atoms with Gasteiger partial charge in [-0.2, -0.15) is 5.10 Å². The Morgan fingerprint density at radius 1 is 1.41 bits per heavy atom. The Hall–Kier alpha value is -0.790. The molecule has 0 saturated carbocycles. The van der Waals surface area contributed by atoms with Crippen molar-refractivity contribution in [2.45, 2.75) is 26.4 Å². The molecule has 0 aromatic carbocycles. The molecule has 0 aliphatic heterocycles. The summed E-state index contributed by atoms with van der Waals surface area (Å²) in [6.07, 6.45) is -0.0797. The lowest BCUT2D eigenvalue weighted by Gasteiger charge is -2.09. The van der Waals surface area contributed by atoms with Gasteiger partial charge in [0.15, 0.2) is 0 Å². The quantitative estimate of drug-likeness (QED) is 0.939. The van der Waals surface area contributed by atoms with E-state index in [0.29, 0.717) is 6.42 Å². The molecule has 1 atom stereocenters. The molecule has 2 heterocycles. The van der Waals surface area contributed by atoms with E-state index < -0.39 is 6.10 Å². The van der Waals surface area contributed by atoms with Crippen molar-refractivity contribution in [3.05, 3.63) is 26.4 Å². The molecule has 0 fully saturated rings. The Morgan fingerprint density at radius 2 is 2.12 bits per heavy atom. The number of nitrogens with zero attached hydrogens (tertiary/aromatic N) is 4. The Bertz CT molecular complexity index is 536. The van der Waals surface area contributed by atoms with Gasteiger partial charge in [0.05, 0.1) is 32.5 Å². The SMILES string of the molecule is Cc1nnsc1C(O)Cc1c(Br)c(C)nn1C. The summed E-state index contributed by atoms with van der Waals surface area (Å²) in [6, 6.07) is 0. The summed E-state index contributed by atoms with van der Waals surface area (Å²) >= 11 is 4.73. The highest BCUT2D eigenvalue weighted by Gasteiger charge is 2.19. The standard InChI is InChI=1S/C10H13BrN4OS/c1-5-9(11)7(15(3)13-5)4-8(16)10-6(2)12-14-17-10/h8,16H,4H2,1-3H3. The van der Waals surface area contributed by atoms with Crippen molar-refractivity contribution in [3.63, 3.8) is 0 Å². The van der Waals surface area contributed by atoms with Gasteiger partial charge in [0.2, 0.25) is 0 Å². The van der Waals surface area contributed by atoms with Crippen LogP contribution < -0.4 is 0 Å². The lowest BCUT2D eigenvalue weighted by Crippen LogP contribution is -2.06. The van der Waals surface area contributed by atoms with Gasteiger partial charge in [-0.15, -0.1) is 5.10 Å². The molecule has 0 aliphatic carbocycles. The number of aliphatic hydroxyl groups excluding tert-OH is 1. The van der Waals surface area contributed by atoms with Crippen molar-refractivity contribution < 1.29 is 5.11 Å². The van der Waals surface area contributed by atoms with Crippen LogP contribution in [-0.2, 0) is 13.5 Å². The van der Waals surface area contributed by atoms with Crippen molar-refractivity contribution in [3.8, 4) is 0 Å². The Balaban J connectivity index is 2.24. The van der Waals surface area contributed by atoms with Gasteiger partial charge in [-0.3, -0.25) is 4.68 Å². The van der Waals surface area contributed by atoms with Crippen molar-refractivity contribution in [1.29, 1.82) is 0 Å². The molecule has 0 amide bonds. The molecule has 7 heteroatoms. The normalized spacial score (nSPS) is 13.0. The highest BCUT2D eigenvalue weighted by molar-refractivity contribution is 9.10. The van der Waals surface area contributed by atoms with Crippen LogP contribution in [0.25, 0.3) is 0 Å². The van der Waals surface area contributed by atoms with Crippen LogP contribution in [-0.4, -0.2) is 24.5 Å². The maximum atomic E-state index is 10.2. The molecular weight excluding hydrogens is 304 g/mol. The third kappa shape index (κ3) is 2.41. The van der Waals surface area contributed by atoms with E-state index in [0.717, 1.165) is 26.4 Å². The molecular formula is C10H13BrN4OS. The summed E-state index contributed by atoms with van der Waals surface area (Å²) in [5, 5.41) is 18.4. The second kappa shape index (κ2) is 4.83. The molecule has 0 saturated heterocycles. The predicted molar refractivity (Wildman–Crippen MR) is 69.0 cm³/mol. The molecule has 0 bridgehead atoms. The van der Waals surface area contributed by atoms with E-state index in [1.807, 2.05) is 20.9 Å². The van der Waals surface area contributed by atoms with Gasteiger partial charge in [0.1, 0.15) is 0 Å². The van der Waals surface area contributed by atoms with Gasteiger partial charge in [-0.05, 0) is 41.3 Å². The van der Waals surface area contributed by atoms with Gasteiger partial charge >= 0.3 is 0 Å². The summed E-state index contributed by atoms with van der Waals surface area (Å²) in [6.45, 7) is 3.78. The molecule has 1 N–H and O–H groups in total. The number of rotatable bonds is 3. The first kappa shape index (κ1) is 12.7. The van der Waals surface area contributed by atoms with Crippen molar-refractivity contribution >= 4 is 27.5 Å². The zero-order valence-electron chi connectivity index (χ0n) is 9.81. The van der Waals surface area contributed by atoms with Crippen molar-refractivity contribution in [1.82, 2.24) is 19.4 Å².